The van der Waals surface area contributed by atoms with E-state index in [-0.39, 0.29) is 11.1 Å². The monoisotopic (exact) mass is 278 g/mol. The molecule has 1 heterocycles. The van der Waals surface area contributed by atoms with Crippen molar-refractivity contribution >= 4 is 0 Å². The summed E-state index contributed by atoms with van der Waals surface area (Å²) >= 11 is 0. The van der Waals surface area contributed by atoms with Gasteiger partial charge in [0.2, 0.25) is 0 Å². The third-order valence-electron chi connectivity index (χ3n) is 5.20. The lowest BCUT2D eigenvalue weighted by Crippen LogP contribution is -2.70. The summed E-state index contributed by atoms with van der Waals surface area (Å²) in [6.07, 6.45) is 1.74. The molecule has 0 unspecified atom stereocenters. The predicted octanol–water partition coefficient (Wildman–Crippen LogP) is 3.33. The molecule has 1 saturated heterocycles. The van der Waals surface area contributed by atoms with Gasteiger partial charge in [0.1, 0.15) is 0 Å². The van der Waals surface area contributed by atoms with Gasteiger partial charge < -0.3 is 5.32 Å². The summed E-state index contributed by atoms with van der Waals surface area (Å²) in [5.74, 6) is 0. The number of piperazine rings is 1. The molecule has 1 N–H and O–H groups in total. The lowest BCUT2D eigenvalue weighted by molar-refractivity contribution is -0.169. The van der Waals surface area contributed by atoms with Crippen LogP contribution in [0.3, 0.4) is 0 Å². The van der Waals surface area contributed by atoms with Gasteiger partial charge in [0.05, 0.1) is 6.54 Å². The molecule has 112 valence electrons. The van der Waals surface area contributed by atoms with E-state index in [1.54, 1.807) is 4.90 Å². The molecule has 2 rings (SSSR count). The molecule has 1 spiro atoms. The molecule has 0 aromatic heterocycles. The molecular weight excluding hydrogens is 253 g/mol. The summed E-state index contributed by atoms with van der Waals surface area (Å²) in [6, 6.07) is 0. The molecule has 2 aliphatic rings. The maximum Gasteiger partial charge on any atom is 0.401 e. The van der Waals surface area contributed by atoms with E-state index in [1.165, 1.54) is 0 Å². The minimum absolute atomic E-state index is 0.0565. The van der Waals surface area contributed by atoms with Gasteiger partial charge in [-0.15, -0.1) is 0 Å². The first-order valence-corrected chi connectivity index (χ1v) is 7.42. The smallest absolute Gasteiger partial charge is 0.308 e. The first-order chi connectivity index (χ1) is 8.85. The van der Waals surface area contributed by atoms with E-state index in [2.05, 4.69) is 5.32 Å². The number of hydrogen-bond donors (Lipinski definition) is 1. The van der Waals surface area contributed by atoms with E-state index < -0.39 is 12.7 Å². The van der Waals surface area contributed by atoms with E-state index in [4.69, 9.17) is 0 Å². The topological polar surface area (TPSA) is 15.3 Å². The van der Waals surface area contributed by atoms with Crippen LogP contribution in [-0.2, 0) is 0 Å². The van der Waals surface area contributed by atoms with Crippen LogP contribution in [0, 0.1) is 0 Å². The van der Waals surface area contributed by atoms with Crippen LogP contribution in [0.25, 0.3) is 0 Å². The quantitative estimate of drug-likeness (QED) is 0.852. The third-order valence-corrected chi connectivity index (χ3v) is 5.20. The van der Waals surface area contributed by atoms with E-state index in [0.717, 1.165) is 38.5 Å². The van der Waals surface area contributed by atoms with E-state index >= 15 is 0 Å². The lowest BCUT2D eigenvalue weighted by Gasteiger charge is -2.53. The molecule has 2 nitrogen and oxygen atoms in total. The Balaban J connectivity index is 2.18. The summed E-state index contributed by atoms with van der Waals surface area (Å²) in [4.78, 5) is 1.72. The van der Waals surface area contributed by atoms with Gasteiger partial charge in [-0.3, -0.25) is 4.90 Å². The highest BCUT2D eigenvalue weighted by atomic mass is 19.4. The fourth-order valence-electron chi connectivity index (χ4n) is 3.83. The maximum atomic E-state index is 12.9. The minimum atomic E-state index is -4.10. The van der Waals surface area contributed by atoms with Crippen molar-refractivity contribution in [3.8, 4) is 0 Å². The zero-order valence-corrected chi connectivity index (χ0v) is 11.9. The average Bonchev–Trinajstić information content (AvgIpc) is 2.77. The van der Waals surface area contributed by atoms with Crippen LogP contribution < -0.4 is 5.32 Å². The van der Waals surface area contributed by atoms with E-state index in [0.29, 0.717) is 13.1 Å². The molecule has 0 amide bonds. The van der Waals surface area contributed by atoms with Crippen molar-refractivity contribution in [3.63, 3.8) is 0 Å². The summed E-state index contributed by atoms with van der Waals surface area (Å²) < 4.78 is 38.6. The average molecular weight is 278 g/mol. The van der Waals surface area contributed by atoms with Crippen LogP contribution in [0.2, 0.25) is 0 Å². The Morgan fingerprint density at radius 1 is 1.11 bits per heavy atom. The summed E-state index contributed by atoms with van der Waals surface area (Å²) in [5.41, 5.74) is -0.386. The van der Waals surface area contributed by atoms with Gasteiger partial charge in [-0.05, 0) is 25.7 Å². The Kier molecular flexibility index (Phi) is 4.17. The zero-order chi connectivity index (χ0) is 14.1. The van der Waals surface area contributed by atoms with E-state index in [9.17, 15) is 13.2 Å². The molecule has 0 aromatic carbocycles. The third kappa shape index (κ3) is 3.07. The molecule has 0 radical (unpaired) electrons. The first kappa shape index (κ1) is 15.1. The molecule has 0 bridgehead atoms. The number of hydrogen-bond acceptors (Lipinski definition) is 2. The van der Waals surface area contributed by atoms with Crippen LogP contribution in [0.1, 0.15) is 52.4 Å². The molecule has 0 atom stereocenters. The lowest BCUT2D eigenvalue weighted by atomic mass is 9.82. The standard InChI is InChI=1S/C14H25F3N2/c1-3-13(4-2)9-18-12(7-5-6-8-12)10-19(13)11-14(15,16)17/h18H,3-11H2,1-2H3. The molecule has 1 aliphatic carbocycles. The number of rotatable bonds is 3. The maximum absolute atomic E-state index is 12.9. The van der Waals surface area contributed by atoms with Gasteiger partial charge in [-0.25, -0.2) is 0 Å². The Morgan fingerprint density at radius 3 is 2.16 bits per heavy atom. The molecular formula is C14H25F3N2. The second-order valence-corrected chi connectivity index (χ2v) is 6.24. The zero-order valence-electron chi connectivity index (χ0n) is 11.9. The highest BCUT2D eigenvalue weighted by Gasteiger charge is 2.49. The number of nitrogens with zero attached hydrogens (tertiary/aromatic N) is 1. The van der Waals surface area contributed by atoms with Crippen LogP contribution >= 0.6 is 0 Å². The van der Waals surface area contributed by atoms with Gasteiger partial charge >= 0.3 is 6.18 Å². The summed E-state index contributed by atoms with van der Waals surface area (Å²) in [6.45, 7) is 4.48. The van der Waals surface area contributed by atoms with E-state index in [1.807, 2.05) is 13.8 Å². The van der Waals surface area contributed by atoms with Crippen LogP contribution in [0.5, 0.6) is 0 Å². The highest BCUT2D eigenvalue weighted by Crippen LogP contribution is 2.39. The Hall–Kier alpha value is -0.290. The summed E-state index contributed by atoms with van der Waals surface area (Å²) in [7, 11) is 0. The second kappa shape index (κ2) is 5.24. The number of alkyl halides is 3. The van der Waals surface area contributed by atoms with Gasteiger partial charge in [-0.1, -0.05) is 26.7 Å². The minimum Gasteiger partial charge on any atom is -0.308 e. The largest absolute Gasteiger partial charge is 0.401 e. The van der Waals surface area contributed by atoms with Gasteiger partial charge in [0, 0.05) is 24.2 Å². The van der Waals surface area contributed by atoms with Crippen molar-refractivity contribution in [1.82, 2.24) is 10.2 Å². The van der Waals surface area contributed by atoms with Crippen LogP contribution in [-0.4, -0.2) is 41.8 Å². The molecule has 5 heteroatoms. The Labute approximate surface area is 113 Å². The van der Waals surface area contributed by atoms with Gasteiger partial charge in [0.15, 0.2) is 0 Å². The summed E-state index contributed by atoms with van der Waals surface area (Å²) in [5, 5.41) is 3.59. The second-order valence-electron chi connectivity index (χ2n) is 6.24. The molecule has 0 aromatic rings. The normalized spacial score (nSPS) is 27.0. The van der Waals surface area contributed by atoms with Crippen molar-refractivity contribution in [2.24, 2.45) is 0 Å². The number of halogens is 3. The highest BCUT2D eigenvalue weighted by molar-refractivity contribution is 5.06. The SMILES string of the molecule is CCC1(CC)CNC2(CCCC2)CN1CC(F)(F)F. The molecule has 1 saturated carbocycles. The van der Waals surface area contributed by atoms with Crippen molar-refractivity contribution in [2.75, 3.05) is 19.6 Å². The fraction of sp³-hybridized carbons (Fsp3) is 1.00. The fourth-order valence-corrected chi connectivity index (χ4v) is 3.83. The Morgan fingerprint density at radius 2 is 1.68 bits per heavy atom. The van der Waals surface area contributed by atoms with Crippen LogP contribution in [0.15, 0.2) is 0 Å². The van der Waals surface area contributed by atoms with Crippen LogP contribution in [0.4, 0.5) is 13.2 Å². The van der Waals surface area contributed by atoms with Crippen molar-refractivity contribution in [2.45, 2.75) is 69.6 Å². The molecule has 1 aliphatic heterocycles. The van der Waals surface area contributed by atoms with Crippen molar-refractivity contribution in [3.05, 3.63) is 0 Å². The molecule has 19 heavy (non-hydrogen) atoms. The first-order valence-electron chi connectivity index (χ1n) is 7.42. The predicted molar refractivity (Wildman–Crippen MR) is 70.1 cm³/mol. The molecule has 2 fully saturated rings. The number of nitrogens with one attached hydrogen (secondary N) is 1. The van der Waals surface area contributed by atoms with Crippen molar-refractivity contribution < 1.29 is 13.2 Å². The van der Waals surface area contributed by atoms with Crippen molar-refractivity contribution in [1.29, 1.82) is 0 Å². The van der Waals surface area contributed by atoms with Gasteiger partial charge in [-0.2, -0.15) is 13.2 Å². The van der Waals surface area contributed by atoms with Gasteiger partial charge in [0.25, 0.3) is 0 Å². The Bertz CT molecular complexity index is 304.